The molecule has 0 unspecified atom stereocenters. The number of ether oxygens (including phenoxy) is 1. The van der Waals surface area contributed by atoms with Gasteiger partial charge in [-0.2, -0.15) is 15.4 Å². The minimum Gasteiger partial charge on any atom is -0.493 e. The van der Waals surface area contributed by atoms with Crippen LogP contribution < -0.4 is 10.1 Å². The number of aromatic nitrogens is 3. The van der Waals surface area contributed by atoms with Crippen molar-refractivity contribution in [2.24, 2.45) is 0 Å². The molecule has 3 aromatic rings. The number of rotatable bonds is 5. The molecule has 0 atom stereocenters. The van der Waals surface area contributed by atoms with Gasteiger partial charge in [0, 0.05) is 0 Å². The van der Waals surface area contributed by atoms with Crippen molar-refractivity contribution in [2.75, 3.05) is 11.9 Å². The molecule has 0 saturated heterocycles. The van der Waals surface area contributed by atoms with Crippen molar-refractivity contribution < 1.29 is 9.53 Å². The molecule has 2 N–H and O–H groups in total. The standard InChI is InChI=1S/C15H14N4O2/c20-14(9-10-21-11-5-2-1-3-6-11)16-12-7-4-8-13-15(12)18-19-17-13/h1-8H,9-10H2,(H,16,20)(H,17,18,19). The third-order valence-electron chi connectivity index (χ3n) is 2.96. The van der Waals surface area contributed by atoms with Crippen LogP contribution in [0, 0.1) is 0 Å². The number of carbonyl (C=O) groups excluding carboxylic acids is 1. The van der Waals surface area contributed by atoms with Crippen LogP contribution in [0.2, 0.25) is 0 Å². The van der Waals surface area contributed by atoms with Crippen molar-refractivity contribution in [3.05, 3.63) is 48.5 Å². The fraction of sp³-hybridized carbons (Fsp3) is 0.133. The smallest absolute Gasteiger partial charge is 0.227 e. The third kappa shape index (κ3) is 3.17. The van der Waals surface area contributed by atoms with Crippen LogP contribution in [-0.2, 0) is 4.79 Å². The van der Waals surface area contributed by atoms with Crippen molar-refractivity contribution in [1.29, 1.82) is 0 Å². The maximum atomic E-state index is 11.9. The number of H-pyrrole nitrogens is 1. The number of amides is 1. The van der Waals surface area contributed by atoms with Crippen molar-refractivity contribution in [1.82, 2.24) is 15.4 Å². The maximum absolute atomic E-state index is 11.9. The SMILES string of the molecule is O=C(CCOc1ccccc1)Nc1cccc2n[nH]nc12. The molecule has 2 aromatic carbocycles. The van der Waals surface area contributed by atoms with E-state index in [0.29, 0.717) is 23.3 Å². The van der Waals surface area contributed by atoms with Gasteiger partial charge in [-0.25, -0.2) is 0 Å². The number of benzene rings is 2. The summed E-state index contributed by atoms with van der Waals surface area (Å²) in [6, 6.07) is 14.8. The summed E-state index contributed by atoms with van der Waals surface area (Å²) in [7, 11) is 0. The summed E-state index contributed by atoms with van der Waals surface area (Å²) in [5.74, 6) is 0.630. The first kappa shape index (κ1) is 13.1. The van der Waals surface area contributed by atoms with Gasteiger partial charge >= 0.3 is 0 Å². The molecule has 3 rings (SSSR count). The van der Waals surface area contributed by atoms with E-state index in [4.69, 9.17) is 4.74 Å². The highest BCUT2D eigenvalue weighted by Gasteiger charge is 2.08. The van der Waals surface area contributed by atoms with Crippen LogP contribution in [-0.4, -0.2) is 27.9 Å². The highest BCUT2D eigenvalue weighted by molar-refractivity contribution is 5.99. The van der Waals surface area contributed by atoms with Gasteiger partial charge in [-0.1, -0.05) is 24.3 Å². The topological polar surface area (TPSA) is 79.9 Å². The Morgan fingerprint density at radius 3 is 2.81 bits per heavy atom. The predicted molar refractivity (Wildman–Crippen MR) is 79.1 cm³/mol. The maximum Gasteiger partial charge on any atom is 0.227 e. The van der Waals surface area contributed by atoms with Crippen LogP contribution in [0.25, 0.3) is 11.0 Å². The molecule has 0 saturated carbocycles. The number of para-hydroxylation sites is 2. The van der Waals surface area contributed by atoms with Crippen molar-refractivity contribution in [3.8, 4) is 5.75 Å². The molecular formula is C15H14N4O2. The van der Waals surface area contributed by atoms with Gasteiger partial charge in [0.1, 0.15) is 16.8 Å². The third-order valence-corrected chi connectivity index (χ3v) is 2.96. The number of nitrogens with one attached hydrogen (secondary N) is 2. The molecule has 6 heteroatoms. The summed E-state index contributed by atoms with van der Waals surface area (Å²) in [5, 5.41) is 13.3. The number of hydrogen-bond acceptors (Lipinski definition) is 4. The quantitative estimate of drug-likeness (QED) is 0.753. The van der Waals surface area contributed by atoms with Crippen LogP contribution in [0.4, 0.5) is 5.69 Å². The number of nitrogens with zero attached hydrogens (tertiary/aromatic N) is 2. The number of hydrogen-bond donors (Lipinski definition) is 2. The van der Waals surface area contributed by atoms with Crippen molar-refractivity contribution in [3.63, 3.8) is 0 Å². The van der Waals surface area contributed by atoms with Crippen molar-refractivity contribution in [2.45, 2.75) is 6.42 Å². The zero-order valence-electron chi connectivity index (χ0n) is 11.2. The van der Waals surface area contributed by atoms with E-state index >= 15 is 0 Å². The molecule has 0 spiro atoms. The summed E-state index contributed by atoms with van der Waals surface area (Å²) in [5.41, 5.74) is 2.01. The first-order chi connectivity index (χ1) is 10.3. The molecule has 0 aliphatic heterocycles. The minimum atomic E-state index is -0.124. The van der Waals surface area contributed by atoms with Gasteiger partial charge in [0.15, 0.2) is 0 Å². The van der Waals surface area contributed by atoms with Gasteiger partial charge in [0.2, 0.25) is 5.91 Å². The Kier molecular flexibility index (Phi) is 3.77. The molecule has 1 aromatic heterocycles. The van der Waals surface area contributed by atoms with Gasteiger partial charge < -0.3 is 10.1 Å². The lowest BCUT2D eigenvalue weighted by molar-refractivity contribution is -0.116. The van der Waals surface area contributed by atoms with Crippen LogP contribution in [0.15, 0.2) is 48.5 Å². The number of carbonyl (C=O) groups is 1. The monoisotopic (exact) mass is 282 g/mol. The minimum absolute atomic E-state index is 0.124. The van der Waals surface area contributed by atoms with Gasteiger partial charge in [-0.3, -0.25) is 4.79 Å². The largest absolute Gasteiger partial charge is 0.493 e. The first-order valence-corrected chi connectivity index (χ1v) is 6.60. The Morgan fingerprint density at radius 2 is 1.95 bits per heavy atom. The molecule has 0 radical (unpaired) electrons. The predicted octanol–water partition coefficient (Wildman–Crippen LogP) is 2.37. The van der Waals surface area contributed by atoms with Gasteiger partial charge in [0.05, 0.1) is 18.7 Å². The fourth-order valence-electron chi connectivity index (χ4n) is 1.96. The normalized spacial score (nSPS) is 10.5. The lowest BCUT2D eigenvalue weighted by atomic mass is 10.2. The second-order valence-electron chi connectivity index (χ2n) is 4.46. The average Bonchev–Trinajstić information content (AvgIpc) is 2.98. The average molecular weight is 282 g/mol. The van der Waals surface area contributed by atoms with Crippen LogP contribution in [0.5, 0.6) is 5.75 Å². The number of anilines is 1. The summed E-state index contributed by atoms with van der Waals surface area (Å²) in [4.78, 5) is 11.9. The summed E-state index contributed by atoms with van der Waals surface area (Å²) >= 11 is 0. The van der Waals surface area contributed by atoms with E-state index in [1.807, 2.05) is 42.5 Å². The van der Waals surface area contributed by atoms with Gasteiger partial charge in [-0.15, -0.1) is 0 Å². The molecular weight excluding hydrogens is 268 g/mol. The van der Waals surface area contributed by atoms with Gasteiger partial charge in [0.25, 0.3) is 0 Å². The van der Waals surface area contributed by atoms with E-state index in [0.717, 1.165) is 5.75 Å². The zero-order valence-corrected chi connectivity index (χ0v) is 11.2. The lowest BCUT2D eigenvalue weighted by Crippen LogP contribution is -2.15. The molecule has 0 aliphatic carbocycles. The summed E-state index contributed by atoms with van der Waals surface area (Å²) in [6.45, 7) is 0.324. The molecule has 0 bridgehead atoms. The molecule has 0 aliphatic rings. The Balaban J connectivity index is 1.56. The van der Waals surface area contributed by atoms with Crippen molar-refractivity contribution >= 4 is 22.6 Å². The zero-order chi connectivity index (χ0) is 14.5. The van der Waals surface area contributed by atoms with E-state index < -0.39 is 0 Å². The van der Waals surface area contributed by atoms with E-state index in [9.17, 15) is 4.79 Å². The highest BCUT2D eigenvalue weighted by atomic mass is 16.5. The van der Waals surface area contributed by atoms with E-state index in [-0.39, 0.29) is 12.3 Å². The Bertz CT molecular complexity index is 740. The fourth-order valence-corrected chi connectivity index (χ4v) is 1.96. The van der Waals surface area contributed by atoms with Crippen LogP contribution in [0.1, 0.15) is 6.42 Å². The van der Waals surface area contributed by atoms with Crippen LogP contribution in [0.3, 0.4) is 0 Å². The Labute approximate surface area is 121 Å². The summed E-state index contributed by atoms with van der Waals surface area (Å²) < 4.78 is 5.49. The molecule has 0 fully saturated rings. The lowest BCUT2D eigenvalue weighted by Gasteiger charge is -2.07. The number of fused-ring (bicyclic) bond motifs is 1. The molecule has 106 valence electrons. The molecule has 21 heavy (non-hydrogen) atoms. The van der Waals surface area contributed by atoms with E-state index in [1.54, 1.807) is 6.07 Å². The molecule has 6 nitrogen and oxygen atoms in total. The van der Waals surface area contributed by atoms with E-state index in [1.165, 1.54) is 0 Å². The Hall–Kier alpha value is -2.89. The highest BCUT2D eigenvalue weighted by Crippen LogP contribution is 2.18. The second-order valence-corrected chi connectivity index (χ2v) is 4.46. The Morgan fingerprint density at radius 1 is 1.10 bits per heavy atom. The summed E-state index contributed by atoms with van der Waals surface area (Å²) in [6.07, 6.45) is 0.267. The first-order valence-electron chi connectivity index (χ1n) is 6.60. The van der Waals surface area contributed by atoms with E-state index in [2.05, 4.69) is 20.7 Å². The second kappa shape index (κ2) is 6.04. The molecule has 1 amide bonds. The van der Waals surface area contributed by atoms with Gasteiger partial charge in [-0.05, 0) is 24.3 Å². The van der Waals surface area contributed by atoms with Crippen LogP contribution >= 0.6 is 0 Å². The molecule has 1 heterocycles. The number of aromatic amines is 1.